The second kappa shape index (κ2) is 7.01. The van der Waals surface area contributed by atoms with Crippen LogP contribution in [-0.2, 0) is 4.79 Å². The van der Waals surface area contributed by atoms with Crippen LogP contribution in [0.1, 0.15) is 5.01 Å². The number of benzene rings is 2. The van der Waals surface area contributed by atoms with Crippen molar-refractivity contribution in [3.63, 3.8) is 0 Å². The van der Waals surface area contributed by atoms with Crippen LogP contribution in [0.5, 0.6) is 11.5 Å². The lowest BCUT2D eigenvalue weighted by atomic mass is 10.2. The minimum absolute atomic E-state index is 0.0100. The molecular weight excluding hydrogens is 380 g/mol. The van der Waals surface area contributed by atoms with Crippen LogP contribution in [0.4, 0.5) is 21.9 Å². The third kappa shape index (κ3) is 3.31. The lowest BCUT2D eigenvalue weighted by Crippen LogP contribution is -2.35. The number of hydrogen-bond acceptors (Lipinski definition) is 6. The Hall–Kier alpha value is -3.33. The van der Waals surface area contributed by atoms with Crippen molar-refractivity contribution in [2.75, 3.05) is 36.3 Å². The molecule has 144 valence electrons. The van der Waals surface area contributed by atoms with E-state index in [1.54, 1.807) is 49.8 Å². The number of carbonyl (C=O) groups excluding carboxylic acids is 2. The zero-order valence-corrected chi connectivity index (χ0v) is 16.3. The van der Waals surface area contributed by atoms with Crippen LogP contribution in [0.15, 0.2) is 30.3 Å². The van der Waals surface area contributed by atoms with E-state index in [1.807, 2.05) is 13.0 Å². The van der Waals surface area contributed by atoms with E-state index in [-0.39, 0.29) is 12.5 Å². The summed E-state index contributed by atoms with van der Waals surface area (Å²) in [6.07, 6.45) is 0. The van der Waals surface area contributed by atoms with Gasteiger partial charge in [-0.05, 0) is 31.2 Å². The van der Waals surface area contributed by atoms with Crippen LogP contribution < -0.4 is 25.0 Å². The molecular formula is C19H18N4O4S. The molecule has 2 aromatic carbocycles. The molecule has 0 saturated carbocycles. The fourth-order valence-corrected chi connectivity index (χ4v) is 3.82. The fourth-order valence-electron chi connectivity index (χ4n) is 2.97. The number of anilines is 3. The molecule has 1 aliphatic rings. The molecule has 2 heterocycles. The van der Waals surface area contributed by atoms with E-state index in [4.69, 9.17) is 9.47 Å². The summed E-state index contributed by atoms with van der Waals surface area (Å²) in [7, 11) is 3.21. The first-order valence-electron chi connectivity index (χ1n) is 8.51. The Balaban J connectivity index is 1.55. The van der Waals surface area contributed by atoms with Gasteiger partial charge >= 0.3 is 6.03 Å². The quantitative estimate of drug-likeness (QED) is 0.703. The molecule has 3 amide bonds. The van der Waals surface area contributed by atoms with E-state index in [0.29, 0.717) is 28.6 Å². The van der Waals surface area contributed by atoms with Crippen LogP contribution in [0, 0.1) is 6.92 Å². The number of hydrogen-bond donors (Lipinski definition) is 2. The highest BCUT2D eigenvalue weighted by Gasteiger charge is 2.22. The molecule has 8 nitrogen and oxygen atoms in total. The minimum atomic E-state index is -0.426. The zero-order chi connectivity index (χ0) is 19.8. The molecule has 0 atom stereocenters. The van der Waals surface area contributed by atoms with E-state index in [2.05, 4.69) is 15.6 Å². The maximum Gasteiger partial charge on any atom is 0.323 e. The summed E-state index contributed by atoms with van der Waals surface area (Å²) < 4.78 is 11.7. The van der Waals surface area contributed by atoms with Crippen molar-refractivity contribution in [3.8, 4) is 11.5 Å². The maximum atomic E-state index is 12.5. The molecule has 0 spiro atoms. The van der Waals surface area contributed by atoms with Crippen molar-refractivity contribution in [1.82, 2.24) is 4.98 Å². The molecule has 9 heteroatoms. The number of ether oxygens (including phenoxy) is 2. The van der Waals surface area contributed by atoms with Crippen LogP contribution in [0.25, 0.3) is 10.2 Å². The van der Waals surface area contributed by atoms with E-state index in [0.717, 1.165) is 15.2 Å². The molecule has 0 aliphatic carbocycles. The second-order valence-corrected chi connectivity index (χ2v) is 7.49. The van der Waals surface area contributed by atoms with Crippen molar-refractivity contribution in [2.24, 2.45) is 0 Å². The number of urea groups is 1. The normalized spacial score (nSPS) is 13.1. The number of nitrogens with zero attached hydrogens (tertiary/aromatic N) is 2. The molecule has 28 heavy (non-hydrogen) atoms. The van der Waals surface area contributed by atoms with Gasteiger partial charge in [-0.2, -0.15) is 0 Å². The first-order valence-corrected chi connectivity index (χ1v) is 9.33. The van der Waals surface area contributed by atoms with Crippen molar-refractivity contribution < 1.29 is 19.1 Å². The molecule has 0 saturated heterocycles. The van der Waals surface area contributed by atoms with Crippen molar-refractivity contribution in [2.45, 2.75) is 6.92 Å². The third-order valence-corrected chi connectivity index (χ3v) is 5.30. The number of rotatable bonds is 3. The van der Waals surface area contributed by atoms with Crippen LogP contribution in [0.2, 0.25) is 0 Å². The number of nitrogens with one attached hydrogen (secondary N) is 2. The number of likely N-dealkylation sites (N-methyl/N-ethyl adjacent to an activating group) is 1. The number of aryl methyl sites for hydroxylation is 1. The molecule has 2 N–H and O–H groups in total. The highest BCUT2D eigenvalue weighted by atomic mass is 32.1. The summed E-state index contributed by atoms with van der Waals surface area (Å²) in [6, 6.07) is 8.34. The zero-order valence-electron chi connectivity index (χ0n) is 15.5. The monoisotopic (exact) mass is 398 g/mol. The Morgan fingerprint density at radius 1 is 1.29 bits per heavy atom. The Kier molecular flexibility index (Phi) is 4.52. The van der Waals surface area contributed by atoms with Gasteiger partial charge in [-0.1, -0.05) is 0 Å². The van der Waals surface area contributed by atoms with Gasteiger partial charge in [0, 0.05) is 18.8 Å². The average molecular weight is 398 g/mol. The van der Waals surface area contributed by atoms with Gasteiger partial charge in [-0.25, -0.2) is 9.78 Å². The van der Waals surface area contributed by atoms with E-state index in [1.165, 1.54) is 4.90 Å². The molecule has 4 rings (SSSR count). The Morgan fingerprint density at radius 2 is 2.11 bits per heavy atom. The molecule has 0 unspecified atom stereocenters. The number of methoxy groups -OCH3 is 1. The highest BCUT2D eigenvalue weighted by Crippen LogP contribution is 2.35. The first-order chi connectivity index (χ1) is 13.4. The van der Waals surface area contributed by atoms with Crippen molar-refractivity contribution >= 4 is 50.6 Å². The Labute approximate surface area is 165 Å². The van der Waals surface area contributed by atoms with E-state index in [9.17, 15) is 9.59 Å². The van der Waals surface area contributed by atoms with E-state index < -0.39 is 6.03 Å². The standard InChI is InChI=1S/C19H18N4O4S/c1-10-20-13-7-16(26-3)12(8-17(13)28-10)22-19(25)21-11-4-5-15-14(6-11)23(2)18(24)9-27-15/h4-8H,9H2,1-3H3,(H2,21,22,25). The molecule has 1 aliphatic heterocycles. The summed E-state index contributed by atoms with van der Waals surface area (Å²) in [5.74, 6) is 0.977. The van der Waals surface area contributed by atoms with Crippen molar-refractivity contribution in [1.29, 1.82) is 0 Å². The van der Waals surface area contributed by atoms with Gasteiger partial charge in [0.25, 0.3) is 5.91 Å². The van der Waals surface area contributed by atoms with Gasteiger partial charge in [0.2, 0.25) is 0 Å². The van der Waals surface area contributed by atoms with E-state index >= 15 is 0 Å². The maximum absolute atomic E-state index is 12.5. The molecule has 0 radical (unpaired) electrons. The number of amides is 3. The van der Waals surface area contributed by atoms with Gasteiger partial charge in [0.15, 0.2) is 6.61 Å². The van der Waals surface area contributed by atoms with Crippen LogP contribution in [-0.4, -0.2) is 37.7 Å². The third-order valence-electron chi connectivity index (χ3n) is 4.37. The van der Waals surface area contributed by atoms with Gasteiger partial charge in [0.1, 0.15) is 11.5 Å². The minimum Gasteiger partial charge on any atom is -0.494 e. The predicted octanol–water partition coefficient (Wildman–Crippen LogP) is 3.61. The molecule has 0 bridgehead atoms. The lowest BCUT2D eigenvalue weighted by Gasteiger charge is -2.26. The molecule has 3 aromatic rings. The Bertz CT molecular complexity index is 1090. The number of fused-ring (bicyclic) bond motifs is 2. The summed E-state index contributed by atoms with van der Waals surface area (Å²) >= 11 is 1.54. The smallest absolute Gasteiger partial charge is 0.323 e. The number of carbonyl (C=O) groups is 2. The van der Waals surface area contributed by atoms with Gasteiger partial charge < -0.3 is 25.0 Å². The average Bonchev–Trinajstić information content (AvgIpc) is 3.03. The van der Waals surface area contributed by atoms with Crippen LogP contribution >= 0.6 is 11.3 Å². The lowest BCUT2D eigenvalue weighted by molar-refractivity contribution is -0.120. The highest BCUT2D eigenvalue weighted by molar-refractivity contribution is 7.18. The SMILES string of the molecule is COc1cc2nc(C)sc2cc1NC(=O)Nc1ccc2c(c1)N(C)C(=O)CO2. The largest absolute Gasteiger partial charge is 0.494 e. The summed E-state index contributed by atoms with van der Waals surface area (Å²) in [6.45, 7) is 1.94. The van der Waals surface area contributed by atoms with Gasteiger partial charge in [-0.3, -0.25) is 4.79 Å². The number of thiazole rings is 1. The molecule has 1 aromatic heterocycles. The summed E-state index contributed by atoms with van der Waals surface area (Å²) in [5.41, 5.74) is 2.51. The first kappa shape index (κ1) is 18.1. The summed E-state index contributed by atoms with van der Waals surface area (Å²) in [5, 5.41) is 6.51. The molecule has 0 fully saturated rings. The predicted molar refractivity (Wildman–Crippen MR) is 109 cm³/mol. The van der Waals surface area contributed by atoms with Crippen LogP contribution in [0.3, 0.4) is 0 Å². The van der Waals surface area contributed by atoms with Crippen molar-refractivity contribution in [3.05, 3.63) is 35.3 Å². The Morgan fingerprint density at radius 3 is 2.89 bits per heavy atom. The van der Waals surface area contributed by atoms with Gasteiger partial charge in [-0.15, -0.1) is 11.3 Å². The van der Waals surface area contributed by atoms with Gasteiger partial charge in [0.05, 0.1) is 33.7 Å². The topological polar surface area (TPSA) is 92.8 Å². The summed E-state index contributed by atoms with van der Waals surface area (Å²) in [4.78, 5) is 30.2. The second-order valence-electron chi connectivity index (χ2n) is 6.26. The fraction of sp³-hybridized carbons (Fsp3) is 0.211. The number of aromatic nitrogens is 1.